The first-order valence-corrected chi connectivity index (χ1v) is 11.2. The molecule has 0 bridgehead atoms. The van der Waals surface area contributed by atoms with Gasteiger partial charge >= 0.3 is 6.30 Å². The molecule has 0 spiro atoms. The summed E-state index contributed by atoms with van der Waals surface area (Å²) in [4.78, 5) is 34.7. The summed E-state index contributed by atoms with van der Waals surface area (Å²) in [5, 5.41) is 4.65. The molecule has 1 saturated heterocycles. The second kappa shape index (κ2) is 10.2. The Hall–Kier alpha value is -3.89. The van der Waals surface area contributed by atoms with E-state index in [-0.39, 0.29) is 23.6 Å². The van der Waals surface area contributed by atoms with Gasteiger partial charge in [0.15, 0.2) is 0 Å². The highest BCUT2D eigenvalue weighted by atomic mass is 19.4. The number of carbonyl (C=O) groups excluding carboxylic acids is 2. The van der Waals surface area contributed by atoms with Crippen molar-refractivity contribution in [2.75, 3.05) is 18.4 Å². The molecule has 1 aliphatic heterocycles. The van der Waals surface area contributed by atoms with Gasteiger partial charge in [-0.15, -0.1) is 0 Å². The third-order valence-electron chi connectivity index (χ3n) is 5.90. The number of hydrogen-bond donors (Lipinski definition) is 3. The fourth-order valence-corrected chi connectivity index (χ4v) is 4.16. The molecule has 1 aliphatic carbocycles. The molecule has 2 amide bonds. The fraction of sp³-hybridized carbons (Fsp3) is 0.333. The zero-order valence-electron chi connectivity index (χ0n) is 18.8. The number of nitrogens with two attached hydrogens (primary N) is 1. The van der Waals surface area contributed by atoms with Crippen molar-refractivity contribution in [3.63, 3.8) is 0 Å². The van der Waals surface area contributed by atoms with Gasteiger partial charge in [0.25, 0.3) is 5.91 Å². The summed E-state index contributed by atoms with van der Waals surface area (Å²) in [7, 11) is 0. The molecule has 0 radical (unpaired) electrons. The molecular formula is C24H25F3N6O2. The lowest BCUT2D eigenvalue weighted by atomic mass is 9.96. The third kappa shape index (κ3) is 6.37. The van der Waals surface area contributed by atoms with Gasteiger partial charge < -0.3 is 16.0 Å². The van der Waals surface area contributed by atoms with Gasteiger partial charge in [-0.25, -0.2) is 9.97 Å². The van der Waals surface area contributed by atoms with Crippen molar-refractivity contribution >= 4 is 17.6 Å². The van der Waals surface area contributed by atoms with Crippen molar-refractivity contribution < 1.29 is 22.8 Å². The van der Waals surface area contributed by atoms with E-state index < -0.39 is 12.2 Å². The first-order valence-electron chi connectivity index (χ1n) is 11.2. The van der Waals surface area contributed by atoms with Crippen LogP contribution in [0.2, 0.25) is 0 Å². The average molecular weight is 486 g/mol. The average Bonchev–Trinajstić information content (AvgIpc) is 2.84. The van der Waals surface area contributed by atoms with Gasteiger partial charge in [0.05, 0.1) is 11.6 Å². The normalized spacial score (nSPS) is 20.2. The number of halogens is 3. The maximum atomic E-state index is 13.0. The van der Waals surface area contributed by atoms with Crippen molar-refractivity contribution in [2.24, 2.45) is 11.7 Å². The van der Waals surface area contributed by atoms with E-state index in [0.717, 1.165) is 6.42 Å². The number of aromatic nitrogens is 2. The molecule has 2 heterocycles. The summed E-state index contributed by atoms with van der Waals surface area (Å²) in [5.74, 6) is -0.404. The first-order chi connectivity index (χ1) is 16.7. The number of primary amides is 1. The number of hydrogen-bond acceptors (Lipinski definition) is 6. The van der Waals surface area contributed by atoms with Crippen LogP contribution in [-0.2, 0) is 4.79 Å². The Kier molecular flexibility index (Phi) is 7.04. The molecule has 4 N–H and O–H groups in total. The van der Waals surface area contributed by atoms with Crippen LogP contribution in [0.4, 0.5) is 19.0 Å². The first kappa shape index (κ1) is 24.2. The molecule has 2 aromatic rings. The minimum Gasteiger partial charge on any atom is -0.369 e. The van der Waals surface area contributed by atoms with Crippen molar-refractivity contribution in [2.45, 2.75) is 31.6 Å². The van der Waals surface area contributed by atoms with Crippen LogP contribution in [-0.4, -0.2) is 52.1 Å². The molecule has 0 saturated carbocycles. The Bertz CT molecular complexity index is 1160. The third-order valence-corrected chi connectivity index (χ3v) is 5.90. The van der Waals surface area contributed by atoms with Gasteiger partial charge in [0, 0.05) is 42.0 Å². The number of nitrogens with one attached hydrogen (secondary N) is 2. The highest BCUT2D eigenvalue weighted by Crippen LogP contribution is 2.24. The number of nitrogens with zero attached hydrogens (tertiary/aromatic N) is 3. The van der Waals surface area contributed by atoms with Gasteiger partial charge in [-0.05, 0) is 37.5 Å². The second-order valence-corrected chi connectivity index (χ2v) is 8.49. The lowest BCUT2D eigenvalue weighted by molar-refractivity contribution is -0.148. The standard InChI is InChI=1S/C24H25F3N6O2/c25-24(26,27)32-19-8-6-18(7-9-19)31-21-12-20(29-14-30-21)15-3-1-4-16(11-15)23(35)33-10-2-5-17(13-33)22(28)34/h1,3-4,6,8-9,11-12,14,17-18,32H,2,5,7,10,13H2,(H2,28,34)(H,29,30,31). The summed E-state index contributed by atoms with van der Waals surface area (Å²) in [6.45, 7) is 0.876. The summed E-state index contributed by atoms with van der Waals surface area (Å²) in [5.41, 5.74) is 7.19. The largest absolute Gasteiger partial charge is 0.482 e. The number of benzene rings is 1. The van der Waals surface area contributed by atoms with E-state index in [2.05, 4.69) is 15.3 Å². The molecule has 8 nitrogen and oxygen atoms in total. The Morgan fingerprint density at radius 2 is 2.00 bits per heavy atom. The van der Waals surface area contributed by atoms with Gasteiger partial charge in [-0.1, -0.05) is 24.3 Å². The predicted octanol–water partition coefficient (Wildman–Crippen LogP) is 3.21. The summed E-state index contributed by atoms with van der Waals surface area (Å²) < 4.78 is 37.4. The number of piperidine rings is 1. The minimum absolute atomic E-state index is 0.00346. The van der Waals surface area contributed by atoms with E-state index in [9.17, 15) is 22.8 Å². The van der Waals surface area contributed by atoms with Gasteiger partial charge in [-0.2, -0.15) is 13.2 Å². The zero-order chi connectivity index (χ0) is 25.0. The Labute approximate surface area is 200 Å². The quantitative estimate of drug-likeness (QED) is 0.541. The smallest absolute Gasteiger partial charge is 0.369 e. The molecule has 2 unspecified atom stereocenters. The highest BCUT2D eigenvalue weighted by molar-refractivity contribution is 5.95. The molecule has 1 aromatic carbocycles. The zero-order valence-corrected chi connectivity index (χ0v) is 18.8. The van der Waals surface area contributed by atoms with E-state index in [4.69, 9.17) is 5.73 Å². The number of likely N-dealkylation sites (tertiary alicyclic amines) is 1. The van der Waals surface area contributed by atoms with Crippen molar-refractivity contribution in [1.82, 2.24) is 20.2 Å². The molecule has 1 aromatic heterocycles. The highest BCUT2D eigenvalue weighted by Gasteiger charge is 2.29. The monoisotopic (exact) mass is 486 g/mol. The number of amides is 2. The van der Waals surface area contributed by atoms with Crippen LogP contribution < -0.4 is 16.4 Å². The molecule has 11 heteroatoms. The molecule has 1 fully saturated rings. The second-order valence-electron chi connectivity index (χ2n) is 8.49. The van der Waals surface area contributed by atoms with E-state index in [1.165, 1.54) is 23.8 Å². The Balaban J connectivity index is 1.44. The number of alkyl halides is 3. The number of carbonyl (C=O) groups is 2. The van der Waals surface area contributed by atoms with Crippen LogP contribution in [0.3, 0.4) is 0 Å². The van der Waals surface area contributed by atoms with E-state index >= 15 is 0 Å². The molecular weight excluding hydrogens is 461 g/mol. The molecule has 2 aliphatic rings. The lowest BCUT2D eigenvalue weighted by Gasteiger charge is -2.31. The predicted molar refractivity (Wildman–Crippen MR) is 124 cm³/mol. The van der Waals surface area contributed by atoms with Crippen LogP contribution in [0.1, 0.15) is 29.6 Å². The fourth-order valence-electron chi connectivity index (χ4n) is 4.16. The van der Waals surface area contributed by atoms with Crippen LogP contribution >= 0.6 is 0 Å². The number of allylic oxidation sites excluding steroid dienone is 1. The molecule has 184 valence electrons. The van der Waals surface area contributed by atoms with Crippen LogP contribution in [0.5, 0.6) is 0 Å². The van der Waals surface area contributed by atoms with Crippen molar-refractivity contribution in [3.8, 4) is 11.3 Å². The molecule has 4 rings (SSSR count). The van der Waals surface area contributed by atoms with Gasteiger partial charge in [-0.3, -0.25) is 14.9 Å². The topological polar surface area (TPSA) is 113 Å². The Morgan fingerprint density at radius 1 is 1.17 bits per heavy atom. The number of rotatable bonds is 6. The Morgan fingerprint density at radius 3 is 2.71 bits per heavy atom. The summed E-state index contributed by atoms with van der Waals surface area (Å²) in [6, 6.07) is 8.52. The SMILES string of the molecule is NC(=O)C1CCCN(C(=O)c2cccc(-c3cc(NC4C=CC(NC(F)(F)F)=CC4)ncn3)c2)C1. The van der Waals surface area contributed by atoms with Gasteiger partial charge in [0.1, 0.15) is 12.1 Å². The van der Waals surface area contributed by atoms with Crippen LogP contribution in [0.25, 0.3) is 11.3 Å². The van der Waals surface area contributed by atoms with Crippen LogP contribution in [0.15, 0.2) is 60.6 Å². The lowest BCUT2D eigenvalue weighted by Crippen LogP contribution is -2.44. The summed E-state index contributed by atoms with van der Waals surface area (Å²) in [6.07, 6.45) is 3.12. The van der Waals surface area contributed by atoms with Crippen LogP contribution in [0, 0.1) is 5.92 Å². The van der Waals surface area contributed by atoms with Crippen molar-refractivity contribution in [1.29, 1.82) is 0 Å². The molecule has 2 atom stereocenters. The minimum atomic E-state index is -4.48. The molecule has 35 heavy (non-hydrogen) atoms. The number of anilines is 1. The maximum absolute atomic E-state index is 13.0. The van der Waals surface area contributed by atoms with Crippen molar-refractivity contribution in [3.05, 3.63) is 66.1 Å². The van der Waals surface area contributed by atoms with E-state index in [0.29, 0.717) is 48.6 Å². The van der Waals surface area contributed by atoms with Gasteiger partial charge in [0.2, 0.25) is 5.91 Å². The maximum Gasteiger partial charge on any atom is 0.482 e. The summed E-state index contributed by atoms with van der Waals surface area (Å²) >= 11 is 0. The van der Waals surface area contributed by atoms with E-state index in [1.54, 1.807) is 35.2 Å². The van der Waals surface area contributed by atoms with E-state index in [1.807, 2.05) is 6.07 Å².